The Bertz CT molecular complexity index is 1000. The minimum absolute atomic E-state index is 0.169. The zero-order valence-electron chi connectivity index (χ0n) is 13.4. The van der Waals surface area contributed by atoms with Crippen molar-refractivity contribution in [3.05, 3.63) is 63.8 Å². The zero-order valence-corrected chi connectivity index (χ0v) is 13.4. The molecular formula is C18H16BN3O. The number of aromatic nitrogens is 3. The van der Waals surface area contributed by atoms with E-state index in [9.17, 15) is 4.79 Å². The van der Waals surface area contributed by atoms with Crippen LogP contribution in [0.4, 0.5) is 0 Å². The molecule has 23 heavy (non-hydrogen) atoms. The average Bonchev–Trinajstić information content (AvgIpc) is 2.93. The van der Waals surface area contributed by atoms with Crippen molar-refractivity contribution < 1.29 is 0 Å². The number of pyridine rings is 1. The number of aryl methyl sites for hydroxylation is 1. The molecule has 3 aromatic rings. The Kier molecular flexibility index (Phi) is 3.83. The summed E-state index contributed by atoms with van der Waals surface area (Å²) in [6.45, 7) is 4.02. The van der Waals surface area contributed by atoms with E-state index in [1.54, 1.807) is 10.9 Å². The highest BCUT2D eigenvalue weighted by Gasteiger charge is 2.11. The first-order valence-corrected chi connectivity index (χ1v) is 7.42. The maximum atomic E-state index is 12.6. The third kappa shape index (κ3) is 2.80. The summed E-state index contributed by atoms with van der Waals surface area (Å²) < 4.78 is 2.91. The van der Waals surface area contributed by atoms with E-state index in [-0.39, 0.29) is 11.5 Å². The molecule has 0 amide bonds. The summed E-state index contributed by atoms with van der Waals surface area (Å²) in [5, 5.41) is 5.49. The molecule has 0 aliphatic carbocycles. The van der Waals surface area contributed by atoms with Gasteiger partial charge in [0.25, 0.3) is 0 Å². The monoisotopic (exact) mass is 301 g/mol. The van der Waals surface area contributed by atoms with Crippen LogP contribution in [-0.2, 0) is 7.05 Å². The van der Waals surface area contributed by atoms with E-state index in [1.807, 2.05) is 51.4 Å². The Morgan fingerprint density at radius 3 is 2.70 bits per heavy atom. The van der Waals surface area contributed by atoms with Crippen LogP contribution in [0.15, 0.2) is 41.5 Å². The second-order valence-corrected chi connectivity index (χ2v) is 5.82. The van der Waals surface area contributed by atoms with Gasteiger partial charge in [-0.3, -0.25) is 9.48 Å². The first kappa shape index (κ1) is 15.2. The Labute approximate surface area is 136 Å². The second kappa shape index (κ2) is 5.81. The van der Waals surface area contributed by atoms with Gasteiger partial charge in [-0.1, -0.05) is 37.8 Å². The maximum Gasteiger partial charge on any atom is 0.246 e. The molecule has 0 saturated heterocycles. The molecule has 112 valence electrons. The van der Waals surface area contributed by atoms with Crippen LogP contribution in [0, 0.1) is 11.8 Å². The smallest absolute Gasteiger partial charge is 0.246 e. The quantitative estimate of drug-likeness (QED) is 0.510. The third-order valence-electron chi connectivity index (χ3n) is 3.75. The number of benzene rings is 1. The summed E-state index contributed by atoms with van der Waals surface area (Å²) >= 11 is 0. The number of rotatable bonds is 1. The van der Waals surface area contributed by atoms with E-state index in [0.717, 1.165) is 16.6 Å². The fourth-order valence-corrected chi connectivity index (χ4v) is 2.57. The van der Waals surface area contributed by atoms with E-state index in [1.165, 1.54) is 4.48 Å². The first-order chi connectivity index (χ1) is 11.0. The van der Waals surface area contributed by atoms with Crippen molar-refractivity contribution in [2.45, 2.75) is 19.8 Å². The molecule has 0 fully saturated rings. The van der Waals surface area contributed by atoms with Gasteiger partial charge in [0.1, 0.15) is 0 Å². The minimum atomic E-state index is -0.220. The van der Waals surface area contributed by atoms with E-state index in [2.05, 4.69) is 16.9 Å². The van der Waals surface area contributed by atoms with Crippen molar-refractivity contribution in [2.24, 2.45) is 7.05 Å². The average molecular weight is 301 g/mol. The third-order valence-corrected chi connectivity index (χ3v) is 3.75. The van der Waals surface area contributed by atoms with E-state index >= 15 is 0 Å². The van der Waals surface area contributed by atoms with Gasteiger partial charge >= 0.3 is 0 Å². The van der Waals surface area contributed by atoms with E-state index in [4.69, 9.17) is 7.98 Å². The molecule has 2 heterocycles. The van der Waals surface area contributed by atoms with Crippen molar-refractivity contribution in [2.75, 3.05) is 0 Å². The zero-order chi connectivity index (χ0) is 16.6. The number of nitrogens with zero attached hydrogens (tertiary/aromatic N) is 3. The van der Waals surface area contributed by atoms with Crippen molar-refractivity contribution in [1.29, 1.82) is 0 Å². The standard InChI is InChI=1S/C18H16BN3O/c1-12(2)16-9-15-6-4-5-14(17(15)18(23)22(16)19)8-7-13-10-20-21(3)11-13/h4-6,9-12H,1-3H3. The molecule has 2 radical (unpaired) electrons. The van der Waals surface area contributed by atoms with Crippen LogP contribution in [0.25, 0.3) is 10.8 Å². The first-order valence-electron chi connectivity index (χ1n) is 7.42. The van der Waals surface area contributed by atoms with Crippen molar-refractivity contribution in [3.8, 4) is 11.8 Å². The number of hydrogen-bond donors (Lipinski definition) is 0. The van der Waals surface area contributed by atoms with Crippen LogP contribution in [-0.4, -0.2) is 22.2 Å². The van der Waals surface area contributed by atoms with Gasteiger partial charge in [-0.25, -0.2) is 0 Å². The van der Waals surface area contributed by atoms with Gasteiger partial charge in [-0.15, -0.1) is 0 Å². The van der Waals surface area contributed by atoms with Crippen molar-refractivity contribution >= 4 is 18.8 Å². The van der Waals surface area contributed by atoms with Crippen molar-refractivity contribution in [1.82, 2.24) is 14.3 Å². The van der Waals surface area contributed by atoms with Crippen LogP contribution in [0.5, 0.6) is 0 Å². The van der Waals surface area contributed by atoms with Gasteiger partial charge in [0, 0.05) is 24.5 Å². The molecule has 0 saturated carbocycles. The topological polar surface area (TPSA) is 39.8 Å². The molecule has 4 nitrogen and oxygen atoms in total. The summed E-state index contributed by atoms with van der Waals surface area (Å²) in [4.78, 5) is 12.6. The summed E-state index contributed by atoms with van der Waals surface area (Å²) in [6.07, 6.45) is 3.52. The highest BCUT2D eigenvalue weighted by atomic mass is 16.1. The molecule has 0 bridgehead atoms. The van der Waals surface area contributed by atoms with Crippen LogP contribution in [0.3, 0.4) is 0 Å². The summed E-state index contributed by atoms with van der Waals surface area (Å²) in [6, 6.07) is 7.61. The molecule has 0 spiro atoms. The fraction of sp³-hybridized carbons (Fsp3) is 0.222. The molecule has 5 heteroatoms. The van der Waals surface area contributed by atoms with E-state index < -0.39 is 0 Å². The molecule has 0 aliphatic rings. The Balaban J connectivity index is 2.22. The Morgan fingerprint density at radius 2 is 2.04 bits per heavy atom. The van der Waals surface area contributed by atoms with Gasteiger partial charge in [-0.05, 0) is 23.4 Å². The number of fused-ring (bicyclic) bond motifs is 1. The second-order valence-electron chi connectivity index (χ2n) is 5.82. The van der Waals surface area contributed by atoms with E-state index in [0.29, 0.717) is 10.9 Å². The maximum absolute atomic E-state index is 12.6. The predicted molar refractivity (Wildman–Crippen MR) is 92.6 cm³/mol. The van der Waals surface area contributed by atoms with Crippen LogP contribution in [0.2, 0.25) is 0 Å². The fourth-order valence-electron chi connectivity index (χ4n) is 2.57. The number of hydrogen-bond acceptors (Lipinski definition) is 2. The van der Waals surface area contributed by atoms with Crippen molar-refractivity contribution in [3.63, 3.8) is 0 Å². The molecule has 2 aromatic heterocycles. The minimum Gasteiger partial charge on any atom is -0.368 e. The molecular weight excluding hydrogens is 285 g/mol. The lowest BCUT2D eigenvalue weighted by molar-refractivity contribution is 0.767. The van der Waals surface area contributed by atoms with Gasteiger partial charge < -0.3 is 4.48 Å². The SMILES string of the molecule is [B]n1c(C(C)C)cc2cccc(C#Cc3cnn(C)c3)c2c1=O. The molecule has 3 rings (SSSR count). The Hall–Kier alpha value is -2.74. The Morgan fingerprint density at radius 1 is 1.26 bits per heavy atom. The van der Waals surface area contributed by atoms with Gasteiger partial charge in [0.2, 0.25) is 13.5 Å². The molecule has 1 aromatic carbocycles. The summed E-state index contributed by atoms with van der Waals surface area (Å²) in [7, 11) is 7.81. The predicted octanol–water partition coefficient (Wildman–Crippen LogP) is 2.19. The normalized spacial score (nSPS) is 10.8. The largest absolute Gasteiger partial charge is 0.368 e. The molecule has 0 N–H and O–H groups in total. The highest BCUT2D eigenvalue weighted by Crippen LogP contribution is 2.20. The van der Waals surface area contributed by atoms with Gasteiger partial charge in [-0.2, -0.15) is 5.10 Å². The molecule has 0 unspecified atom stereocenters. The van der Waals surface area contributed by atoms with Gasteiger partial charge in [0.15, 0.2) is 0 Å². The van der Waals surface area contributed by atoms with Crippen LogP contribution < -0.4 is 5.56 Å². The lowest BCUT2D eigenvalue weighted by Gasteiger charge is -2.14. The molecule has 0 atom stereocenters. The molecule has 0 aliphatic heterocycles. The van der Waals surface area contributed by atoms with Gasteiger partial charge in [0.05, 0.1) is 17.1 Å². The summed E-state index contributed by atoms with van der Waals surface area (Å²) in [5.74, 6) is 6.27. The lowest BCUT2D eigenvalue weighted by Crippen LogP contribution is -2.23. The lowest BCUT2D eigenvalue weighted by atomic mass is 10.00. The summed E-state index contributed by atoms with van der Waals surface area (Å²) in [5.41, 5.74) is 2.06. The van der Waals surface area contributed by atoms with Crippen LogP contribution >= 0.6 is 0 Å². The van der Waals surface area contributed by atoms with Crippen LogP contribution in [0.1, 0.15) is 36.6 Å². The highest BCUT2D eigenvalue weighted by molar-refractivity contribution is 6.08.